The van der Waals surface area contributed by atoms with Crippen LogP contribution in [0.2, 0.25) is 0 Å². The zero-order chi connectivity index (χ0) is 25.9. The van der Waals surface area contributed by atoms with Crippen LogP contribution in [0.3, 0.4) is 0 Å². The van der Waals surface area contributed by atoms with Crippen molar-refractivity contribution in [1.82, 2.24) is 0 Å². The van der Waals surface area contributed by atoms with Gasteiger partial charge < -0.3 is 74.4 Å². The molecule has 0 bridgehead atoms. The van der Waals surface area contributed by atoms with E-state index in [2.05, 4.69) is 0 Å². The number of ether oxygens (including phenoxy) is 6. The summed E-state index contributed by atoms with van der Waals surface area (Å²) in [4.78, 5) is 0. The van der Waals surface area contributed by atoms with Gasteiger partial charge in [0.15, 0.2) is 12.6 Å². The molecule has 9 N–H and O–H groups in total. The number of epoxide rings is 1. The third-order valence-corrected chi connectivity index (χ3v) is 7.74. The van der Waals surface area contributed by atoms with Crippen LogP contribution in [0.5, 0.6) is 0 Å². The van der Waals surface area contributed by atoms with Gasteiger partial charge in [-0.25, -0.2) is 0 Å². The van der Waals surface area contributed by atoms with E-state index < -0.39 is 117 Å². The molecular formula is C21H32O15. The molecule has 0 spiro atoms. The van der Waals surface area contributed by atoms with Gasteiger partial charge in [0.05, 0.1) is 38.1 Å². The van der Waals surface area contributed by atoms with E-state index >= 15 is 0 Å². The first-order valence-electron chi connectivity index (χ1n) is 11.7. The predicted molar refractivity (Wildman–Crippen MR) is 109 cm³/mol. The number of aliphatic hydroxyl groups is 9. The molecule has 0 aromatic rings. The minimum absolute atomic E-state index is 0.473. The summed E-state index contributed by atoms with van der Waals surface area (Å²) >= 11 is 0. The van der Waals surface area contributed by atoms with Crippen molar-refractivity contribution in [3.63, 3.8) is 0 Å². The topological polar surface area (TPSA) is 241 Å². The molecule has 5 aliphatic rings. The molecule has 3 saturated heterocycles. The third-order valence-electron chi connectivity index (χ3n) is 7.74. The van der Waals surface area contributed by atoms with Crippen molar-refractivity contribution in [3.05, 3.63) is 12.3 Å². The molecule has 15 heteroatoms. The Kier molecular flexibility index (Phi) is 7.34. The summed E-state index contributed by atoms with van der Waals surface area (Å²) < 4.78 is 34.0. The Balaban J connectivity index is 1.34. The Bertz CT molecular complexity index is 810. The van der Waals surface area contributed by atoms with Crippen molar-refractivity contribution in [3.8, 4) is 0 Å². The second kappa shape index (κ2) is 9.94. The molecule has 1 aliphatic carbocycles. The van der Waals surface area contributed by atoms with Crippen LogP contribution in [-0.2, 0) is 28.4 Å². The number of rotatable bonds is 7. The first kappa shape index (κ1) is 26.6. The van der Waals surface area contributed by atoms with Crippen molar-refractivity contribution in [1.29, 1.82) is 0 Å². The van der Waals surface area contributed by atoms with Crippen LogP contribution in [0.4, 0.5) is 0 Å². The highest BCUT2D eigenvalue weighted by Crippen LogP contribution is 2.61. The van der Waals surface area contributed by atoms with Crippen LogP contribution in [0.25, 0.3) is 0 Å². The number of hydrogen-bond donors (Lipinski definition) is 9. The normalized spacial score (nSPS) is 56.1. The molecule has 4 aliphatic heterocycles. The van der Waals surface area contributed by atoms with Gasteiger partial charge in [-0.15, -0.1) is 0 Å². The molecule has 0 radical (unpaired) electrons. The largest absolute Gasteiger partial charge is 0.472 e. The summed E-state index contributed by atoms with van der Waals surface area (Å²) in [6.07, 6.45) is -14.9. The van der Waals surface area contributed by atoms with Gasteiger partial charge in [0.2, 0.25) is 6.29 Å². The maximum Gasteiger partial charge on any atom is 0.208 e. The van der Waals surface area contributed by atoms with Crippen molar-refractivity contribution >= 4 is 0 Å². The van der Waals surface area contributed by atoms with E-state index in [1.165, 1.54) is 6.26 Å². The molecule has 0 amide bonds. The van der Waals surface area contributed by atoms with Gasteiger partial charge in [0.1, 0.15) is 60.5 Å². The molecule has 16 atom stereocenters. The molecule has 206 valence electrons. The Morgan fingerprint density at radius 2 is 1.25 bits per heavy atom. The predicted octanol–water partition coefficient (Wildman–Crippen LogP) is -5.77. The maximum absolute atomic E-state index is 10.4. The van der Waals surface area contributed by atoms with Crippen LogP contribution in [0.1, 0.15) is 0 Å². The van der Waals surface area contributed by atoms with Crippen LogP contribution in [-0.4, -0.2) is 151 Å². The second-order valence-electron chi connectivity index (χ2n) is 9.72. The molecular weight excluding hydrogens is 492 g/mol. The van der Waals surface area contributed by atoms with Crippen LogP contribution in [0, 0.1) is 11.8 Å². The van der Waals surface area contributed by atoms with Gasteiger partial charge in [-0.05, 0) is 6.08 Å². The number of hydrogen-bond acceptors (Lipinski definition) is 15. The van der Waals surface area contributed by atoms with Gasteiger partial charge in [-0.1, -0.05) is 0 Å². The highest BCUT2D eigenvalue weighted by Gasteiger charge is 2.77. The fourth-order valence-corrected chi connectivity index (χ4v) is 5.64. The molecule has 15 nitrogen and oxygen atoms in total. The monoisotopic (exact) mass is 524 g/mol. The lowest BCUT2D eigenvalue weighted by molar-refractivity contribution is -0.347. The van der Waals surface area contributed by atoms with Gasteiger partial charge in [-0.3, -0.25) is 0 Å². The van der Waals surface area contributed by atoms with Crippen LogP contribution in [0.15, 0.2) is 12.3 Å². The first-order valence-corrected chi connectivity index (χ1v) is 11.7. The van der Waals surface area contributed by atoms with E-state index in [9.17, 15) is 46.0 Å². The summed E-state index contributed by atoms with van der Waals surface area (Å²) in [5.41, 5.74) is -1.20. The van der Waals surface area contributed by atoms with E-state index in [0.717, 1.165) is 0 Å². The zero-order valence-corrected chi connectivity index (χ0v) is 18.9. The highest BCUT2D eigenvalue weighted by atomic mass is 16.8. The molecule has 4 heterocycles. The smallest absolute Gasteiger partial charge is 0.208 e. The average Bonchev–Trinajstić information content (AvgIpc) is 3.56. The van der Waals surface area contributed by atoms with Crippen molar-refractivity contribution in [2.24, 2.45) is 11.8 Å². The Labute approximate surface area is 204 Å². The molecule has 5 rings (SSSR count). The zero-order valence-electron chi connectivity index (χ0n) is 18.9. The molecule has 1 saturated carbocycles. The van der Waals surface area contributed by atoms with E-state index in [0.29, 0.717) is 0 Å². The highest BCUT2D eigenvalue weighted by molar-refractivity contribution is 5.25. The quantitative estimate of drug-likeness (QED) is 0.141. The van der Waals surface area contributed by atoms with E-state index in [-0.39, 0.29) is 0 Å². The molecule has 2 unspecified atom stereocenters. The van der Waals surface area contributed by atoms with E-state index in [1.54, 1.807) is 6.08 Å². The maximum atomic E-state index is 10.4. The fraction of sp³-hybridized carbons (Fsp3) is 0.905. The summed E-state index contributed by atoms with van der Waals surface area (Å²) in [6.45, 7) is -1.76. The Hall–Kier alpha value is -1.02. The van der Waals surface area contributed by atoms with Gasteiger partial charge in [0, 0.05) is 5.92 Å². The second-order valence-corrected chi connectivity index (χ2v) is 9.72. The molecule has 4 fully saturated rings. The van der Waals surface area contributed by atoms with Gasteiger partial charge in [-0.2, -0.15) is 0 Å². The van der Waals surface area contributed by atoms with E-state index in [4.69, 9.17) is 28.4 Å². The standard InChI is InChI=1S/C21H32O15/c22-3-7-10(25)12(27)14(29)19(32-7)34-16-6-1-2-31-18(9(6)21(5-24)17(16)36-21)35-20-15(30)13(28)11(26)8(4-23)33-20/h1-2,6-20,22-30H,3-5H2/t6-,7-,8-,9-,10+,11-,12+,13+,14-,15-,16+,17?,18+,19+,20+,21?/m1/s1. The number of fused-ring (bicyclic) bond motifs is 3. The first-order chi connectivity index (χ1) is 17.2. The van der Waals surface area contributed by atoms with Crippen molar-refractivity contribution < 1.29 is 74.4 Å². The Morgan fingerprint density at radius 3 is 1.78 bits per heavy atom. The van der Waals surface area contributed by atoms with Crippen LogP contribution < -0.4 is 0 Å². The molecule has 0 aromatic heterocycles. The summed E-state index contributed by atoms with van der Waals surface area (Å²) in [7, 11) is 0. The van der Waals surface area contributed by atoms with Gasteiger partial charge >= 0.3 is 0 Å². The lowest BCUT2D eigenvalue weighted by Gasteiger charge is -2.44. The lowest BCUT2D eigenvalue weighted by Crippen LogP contribution is -2.61. The molecule has 36 heavy (non-hydrogen) atoms. The third kappa shape index (κ3) is 4.07. The fourth-order valence-electron chi connectivity index (χ4n) is 5.64. The minimum atomic E-state index is -1.68. The SMILES string of the molecule is OC[C@H]1O[C@@H](O[C@@H]2C3OC3(CO)[C@H]3[C@H](O[C@@H]4O[C@H](CO)[C@@H](O)[C@H](O)[C@H]4O)OC=C[C@H]32)[C@H](O)[C@@H](O)[C@H]1O. The van der Waals surface area contributed by atoms with Crippen LogP contribution >= 0.6 is 0 Å². The lowest BCUT2D eigenvalue weighted by atomic mass is 9.85. The summed E-state index contributed by atoms with van der Waals surface area (Å²) in [6, 6.07) is 0. The number of aliphatic hydroxyl groups excluding tert-OH is 9. The van der Waals surface area contributed by atoms with Crippen molar-refractivity contribution in [2.45, 2.75) is 85.5 Å². The minimum Gasteiger partial charge on any atom is -0.472 e. The Morgan fingerprint density at radius 1 is 0.694 bits per heavy atom. The molecule has 0 aromatic carbocycles. The summed E-state index contributed by atoms with van der Waals surface area (Å²) in [5.74, 6) is -1.29. The van der Waals surface area contributed by atoms with Gasteiger partial charge in [0.25, 0.3) is 0 Å². The average molecular weight is 524 g/mol. The van der Waals surface area contributed by atoms with E-state index in [1.807, 2.05) is 0 Å². The summed E-state index contributed by atoms with van der Waals surface area (Å²) in [5, 5.41) is 89.9. The van der Waals surface area contributed by atoms with Crippen molar-refractivity contribution in [2.75, 3.05) is 19.8 Å².